The molecule has 0 fully saturated rings. The second kappa shape index (κ2) is 8.76. The minimum absolute atomic E-state index is 0.271. The molecule has 9 heteroatoms. The minimum Gasteiger partial charge on any atom is -0.497 e. The molecule has 0 saturated heterocycles. The topological polar surface area (TPSA) is 87.6 Å². The second-order valence-corrected chi connectivity index (χ2v) is 5.95. The number of rotatable bonds is 7. The van der Waals surface area contributed by atoms with E-state index in [1.165, 1.54) is 12.1 Å². The van der Waals surface area contributed by atoms with E-state index in [0.29, 0.717) is 17.6 Å². The van der Waals surface area contributed by atoms with Gasteiger partial charge in [0.2, 0.25) is 17.8 Å². The molecule has 0 spiro atoms. The minimum atomic E-state index is -0.314. The molecule has 3 aromatic rings. The van der Waals surface area contributed by atoms with Crippen LogP contribution in [-0.4, -0.2) is 42.4 Å². The summed E-state index contributed by atoms with van der Waals surface area (Å²) in [6.07, 6.45) is 1.64. The Hall–Kier alpha value is -3.75. The van der Waals surface area contributed by atoms with Crippen molar-refractivity contribution in [2.24, 2.45) is 5.10 Å². The van der Waals surface area contributed by atoms with Gasteiger partial charge in [0, 0.05) is 19.8 Å². The number of hydrogen-bond acceptors (Lipinski definition) is 8. The van der Waals surface area contributed by atoms with E-state index in [9.17, 15) is 4.39 Å². The van der Waals surface area contributed by atoms with Gasteiger partial charge in [-0.1, -0.05) is 0 Å². The average molecular weight is 381 g/mol. The maximum atomic E-state index is 13.1. The van der Waals surface area contributed by atoms with Crippen LogP contribution in [0.5, 0.6) is 5.75 Å². The molecule has 0 aliphatic carbocycles. The van der Waals surface area contributed by atoms with E-state index in [1.807, 2.05) is 38.4 Å². The van der Waals surface area contributed by atoms with Crippen LogP contribution in [-0.2, 0) is 0 Å². The predicted octanol–water partition coefficient (Wildman–Crippen LogP) is 3.27. The van der Waals surface area contributed by atoms with E-state index in [-0.39, 0.29) is 11.8 Å². The lowest BCUT2D eigenvalue weighted by molar-refractivity contribution is 0.415. The van der Waals surface area contributed by atoms with Crippen LogP contribution in [0.1, 0.15) is 5.56 Å². The van der Waals surface area contributed by atoms with E-state index in [4.69, 9.17) is 4.74 Å². The van der Waals surface area contributed by atoms with Gasteiger partial charge in [-0.05, 0) is 54.1 Å². The fourth-order valence-corrected chi connectivity index (χ4v) is 2.19. The first kappa shape index (κ1) is 19.0. The summed E-state index contributed by atoms with van der Waals surface area (Å²) in [4.78, 5) is 14.7. The van der Waals surface area contributed by atoms with E-state index < -0.39 is 0 Å². The Balaban J connectivity index is 1.76. The molecule has 0 radical (unpaired) electrons. The largest absolute Gasteiger partial charge is 0.497 e. The van der Waals surface area contributed by atoms with Gasteiger partial charge >= 0.3 is 0 Å². The number of hydrogen-bond donors (Lipinski definition) is 2. The summed E-state index contributed by atoms with van der Waals surface area (Å²) in [5.74, 6) is 1.49. The van der Waals surface area contributed by atoms with Crippen LogP contribution in [0.15, 0.2) is 53.6 Å². The number of benzene rings is 2. The molecular weight excluding hydrogens is 361 g/mol. The summed E-state index contributed by atoms with van der Waals surface area (Å²) < 4.78 is 18.2. The maximum absolute atomic E-state index is 13.1. The quantitative estimate of drug-likeness (QED) is 0.480. The second-order valence-electron chi connectivity index (χ2n) is 5.95. The van der Waals surface area contributed by atoms with Crippen LogP contribution >= 0.6 is 0 Å². The highest BCUT2D eigenvalue weighted by molar-refractivity contribution is 5.80. The lowest BCUT2D eigenvalue weighted by Crippen LogP contribution is -2.15. The monoisotopic (exact) mass is 381 g/mol. The lowest BCUT2D eigenvalue weighted by Gasteiger charge is -2.13. The summed E-state index contributed by atoms with van der Waals surface area (Å²) in [7, 11) is 5.26. The zero-order valence-electron chi connectivity index (χ0n) is 15.7. The van der Waals surface area contributed by atoms with Gasteiger partial charge in [-0.15, -0.1) is 0 Å². The van der Waals surface area contributed by atoms with Crippen LogP contribution < -0.4 is 20.4 Å². The van der Waals surface area contributed by atoms with Crippen molar-refractivity contribution in [3.63, 3.8) is 0 Å². The molecule has 0 amide bonds. The summed E-state index contributed by atoms with van der Waals surface area (Å²) in [5.41, 5.74) is 4.35. The van der Waals surface area contributed by atoms with Gasteiger partial charge in [-0.25, -0.2) is 9.82 Å². The van der Waals surface area contributed by atoms with Crippen molar-refractivity contribution in [3.05, 3.63) is 59.9 Å². The van der Waals surface area contributed by atoms with Crippen molar-refractivity contribution in [1.82, 2.24) is 15.0 Å². The number of methoxy groups -OCH3 is 1. The zero-order valence-corrected chi connectivity index (χ0v) is 15.7. The number of anilines is 4. The molecule has 1 aromatic heterocycles. The zero-order chi connectivity index (χ0) is 19.9. The molecule has 0 atom stereocenters. The number of aromatic nitrogens is 3. The molecule has 3 rings (SSSR count). The highest BCUT2D eigenvalue weighted by atomic mass is 19.1. The van der Waals surface area contributed by atoms with Gasteiger partial charge < -0.3 is 15.0 Å². The Morgan fingerprint density at radius 3 is 2.29 bits per heavy atom. The van der Waals surface area contributed by atoms with Crippen molar-refractivity contribution in [1.29, 1.82) is 0 Å². The van der Waals surface area contributed by atoms with Crippen molar-refractivity contribution in [2.75, 3.05) is 36.8 Å². The Morgan fingerprint density at radius 2 is 1.64 bits per heavy atom. The molecule has 0 aliphatic rings. The third kappa shape index (κ3) is 5.13. The highest BCUT2D eigenvalue weighted by Crippen LogP contribution is 2.17. The Bertz CT molecular complexity index is 944. The summed E-state index contributed by atoms with van der Waals surface area (Å²) >= 11 is 0. The van der Waals surface area contributed by atoms with Gasteiger partial charge in [-0.2, -0.15) is 20.1 Å². The number of halogens is 1. The van der Waals surface area contributed by atoms with Gasteiger partial charge in [0.25, 0.3) is 0 Å². The summed E-state index contributed by atoms with van der Waals surface area (Å²) in [6, 6.07) is 13.4. The highest BCUT2D eigenvalue weighted by Gasteiger charge is 2.08. The molecule has 28 heavy (non-hydrogen) atoms. The molecule has 2 N–H and O–H groups in total. The maximum Gasteiger partial charge on any atom is 0.250 e. The Labute approximate surface area is 162 Å². The molecule has 0 saturated carbocycles. The number of ether oxygens (including phenoxy) is 1. The summed E-state index contributed by atoms with van der Waals surface area (Å²) in [6.45, 7) is 0. The third-order valence-electron chi connectivity index (χ3n) is 3.62. The average Bonchev–Trinajstić information content (AvgIpc) is 2.70. The molecule has 8 nitrogen and oxygen atoms in total. The number of nitrogens with one attached hydrogen (secondary N) is 2. The summed E-state index contributed by atoms with van der Waals surface area (Å²) in [5, 5.41) is 7.19. The van der Waals surface area contributed by atoms with Crippen molar-refractivity contribution >= 4 is 29.7 Å². The molecule has 1 heterocycles. The first-order valence-electron chi connectivity index (χ1n) is 8.42. The first-order valence-corrected chi connectivity index (χ1v) is 8.42. The van der Waals surface area contributed by atoms with E-state index >= 15 is 0 Å². The van der Waals surface area contributed by atoms with Crippen LogP contribution in [0.2, 0.25) is 0 Å². The van der Waals surface area contributed by atoms with Crippen molar-refractivity contribution in [2.45, 2.75) is 0 Å². The van der Waals surface area contributed by atoms with Crippen molar-refractivity contribution < 1.29 is 9.13 Å². The van der Waals surface area contributed by atoms with E-state index in [2.05, 4.69) is 30.8 Å². The van der Waals surface area contributed by atoms with Gasteiger partial charge in [0.15, 0.2) is 0 Å². The van der Waals surface area contributed by atoms with Gasteiger partial charge in [-0.3, -0.25) is 0 Å². The third-order valence-corrected chi connectivity index (χ3v) is 3.62. The normalized spacial score (nSPS) is 10.7. The fraction of sp³-hybridized carbons (Fsp3) is 0.158. The van der Waals surface area contributed by atoms with Crippen molar-refractivity contribution in [3.8, 4) is 5.75 Å². The van der Waals surface area contributed by atoms with Crippen LogP contribution in [0.3, 0.4) is 0 Å². The van der Waals surface area contributed by atoms with E-state index in [1.54, 1.807) is 30.4 Å². The first-order chi connectivity index (χ1) is 13.5. The smallest absolute Gasteiger partial charge is 0.250 e. The lowest BCUT2D eigenvalue weighted by atomic mass is 10.2. The van der Waals surface area contributed by atoms with Crippen LogP contribution in [0.4, 0.5) is 27.9 Å². The van der Waals surface area contributed by atoms with Gasteiger partial charge in [0.1, 0.15) is 11.6 Å². The predicted molar refractivity (Wildman–Crippen MR) is 108 cm³/mol. The molecular formula is C19H20FN7O. The molecule has 0 aliphatic heterocycles. The van der Waals surface area contributed by atoms with Crippen LogP contribution in [0.25, 0.3) is 0 Å². The molecule has 144 valence electrons. The Kier molecular flexibility index (Phi) is 5.95. The molecule has 0 bridgehead atoms. The fourth-order valence-electron chi connectivity index (χ4n) is 2.19. The van der Waals surface area contributed by atoms with E-state index in [0.717, 1.165) is 11.3 Å². The number of hydrazone groups is 1. The SMILES string of the molecule is COc1ccc(/C=N\Nc2nc(Nc3ccc(F)cc3)nc(N(C)C)n2)cc1. The molecule has 0 unspecified atom stereocenters. The number of nitrogens with zero attached hydrogens (tertiary/aromatic N) is 5. The van der Waals surface area contributed by atoms with Crippen LogP contribution in [0, 0.1) is 5.82 Å². The molecule has 2 aromatic carbocycles. The Morgan fingerprint density at radius 1 is 0.964 bits per heavy atom. The van der Waals surface area contributed by atoms with Gasteiger partial charge in [0.05, 0.1) is 13.3 Å². The standard InChI is InChI=1S/C19H20FN7O/c1-27(2)19-24-17(22-15-8-6-14(20)7-9-15)23-18(25-19)26-21-12-13-4-10-16(28-3)11-5-13/h4-12H,1-3H3,(H2,22,23,24,25,26)/b21-12-.